The first-order valence-electron chi connectivity index (χ1n) is 14.5. The average Bonchev–Trinajstić information content (AvgIpc) is 3.34. The number of pyridine rings is 1. The highest BCUT2D eigenvalue weighted by molar-refractivity contribution is 5.84. The second kappa shape index (κ2) is 12.5. The first-order valence-corrected chi connectivity index (χ1v) is 14.5. The molecule has 0 bridgehead atoms. The Balaban J connectivity index is 1.30. The van der Waals surface area contributed by atoms with E-state index in [2.05, 4.69) is 65.0 Å². The van der Waals surface area contributed by atoms with Gasteiger partial charge in [-0.2, -0.15) is 0 Å². The molecule has 1 saturated heterocycles. The van der Waals surface area contributed by atoms with Crippen molar-refractivity contribution >= 4 is 16.7 Å². The predicted molar refractivity (Wildman–Crippen MR) is 163 cm³/mol. The Hall–Kier alpha value is -3.23. The quantitative estimate of drug-likeness (QED) is 0.186. The highest BCUT2D eigenvalue weighted by atomic mass is 16.5. The number of ether oxygens (including phenoxy) is 1. The maximum Gasteiger partial charge on any atom is 0.180 e. The van der Waals surface area contributed by atoms with Gasteiger partial charge in [0.2, 0.25) is 0 Å². The summed E-state index contributed by atoms with van der Waals surface area (Å²) in [7, 11) is 1.77. The zero-order chi connectivity index (χ0) is 28.1. The Kier molecular flexibility index (Phi) is 8.86. The number of aryl methyl sites for hydroxylation is 2. The number of hydrogen-bond acceptors (Lipinski definition) is 5. The van der Waals surface area contributed by atoms with Gasteiger partial charge in [-0.1, -0.05) is 36.4 Å². The van der Waals surface area contributed by atoms with E-state index >= 15 is 0 Å². The normalized spacial score (nSPS) is 20.1. The van der Waals surface area contributed by atoms with Crippen LogP contribution in [0.5, 0.6) is 0 Å². The second-order valence-corrected chi connectivity index (χ2v) is 11.6. The minimum Gasteiger partial charge on any atom is -0.385 e. The third kappa shape index (κ3) is 6.23. The number of hydrogen-bond donors (Lipinski definition) is 3. The molecule has 0 radical (unpaired) electrons. The number of aromatic nitrogens is 2. The number of nitrogens with zero attached hydrogens (tertiary/aromatic N) is 3. The van der Waals surface area contributed by atoms with E-state index < -0.39 is 0 Å². The number of piperidine rings is 1. The lowest BCUT2D eigenvalue weighted by Crippen LogP contribution is -2.59. The van der Waals surface area contributed by atoms with E-state index in [0.717, 1.165) is 69.6 Å². The number of anilines is 1. The molecule has 5 N–H and O–H groups in total. The molecule has 1 aliphatic rings. The lowest BCUT2D eigenvalue weighted by Gasteiger charge is -2.44. The number of quaternary nitrogens is 1. The van der Waals surface area contributed by atoms with Gasteiger partial charge in [-0.05, 0) is 73.6 Å². The van der Waals surface area contributed by atoms with Crippen LogP contribution in [0.4, 0.5) is 5.82 Å². The van der Waals surface area contributed by atoms with Gasteiger partial charge in [-0.3, -0.25) is 4.48 Å². The summed E-state index contributed by atoms with van der Waals surface area (Å²) in [6.07, 6.45) is 5.78. The summed E-state index contributed by atoms with van der Waals surface area (Å²) in [5.41, 5.74) is 19.9. The molecule has 0 amide bonds. The van der Waals surface area contributed by atoms with Gasteiger partial charge in [-0.15, -0.1) is 0 Å². The van der Waals surface area contributed by atoms with Gasteiger partial charge in [0.25, 0.3) is 0 Å². The summed E-state index contributed by atoms with van der Waals surface area (Å²) in [4.78, 5) is 4.20. The van der Waals surface area contributed by atoms with Gasteiger partial charge in [0.05, 0.1) is 25.7 Å². The van der Waals surface area contributed by atoms with Crippen molar-refractivity contribution in [2.75, 3.05) is 45.8 Å². The number of nitrogens with two attached hydrogens (primary N) is 2. The summed E-state index contributed by atoms with van der Waals surface area (Å²) in [6.45, 7) is 6.64. The van der Waals surface area contributed by atoms with Crippen molar-refractivity contribution in [1.29, 1.82) is 0 Å². The zero-order valence-electron chi connectivity index (χ0n) is 23.9. The van der Waals surface area contributed by atoms with Crippen molar-refractivity contribution in [3.05, 3.63) is 83.7 Å². The molecule has 0 spiro atoms. The van der Waals surface area contributed by atoms with Crippen molar-refractivity contribution in [2.45, 2.75) is 51.1 Å². The van der Waals surface area contributed by atoms with Crippen LogP contribution in [0.25, 0.3) is 22.0 Å². The van der Waals surface area contributed by atoms with Gasteiger partial charge < -0.3 is 25.9 Å². The molecule has 3 heterocycles. The number of fused-ring (bicyclic) bond motifs is 1. The second-order valence-electron chi connectivity index (χ2n) is 11.6. The van der Waals surface area contributed by atoms with Crippen molar-refractivity contribution in [3.8, 4) is 11.1 Å². The average molecular weight is 543 g/mol. The molecule has 1 aliphatic heterocycles. The Bertz CT molecular complexity index is 1400. The monoisotopic (exact) mass is 542 g/mol. The molecule has 4 aromatic rings. The lowest BCUT2D eigenvalue weighted by atomic mass is 9.91. The Morgan fingerprint density at radius 2 is 1.93 bits per heavy atom. The van der Waals surface area contributed by atoms with Gasteiger partial charge >= 0.3 is 0 Å². The third-order valence-corrected chi connectivity index (χ3v) is 8.63. The van der Waals surface area contributed by atoms with E-state index in [4.69, 9.17) is 16.2 Å². The van der Waals surface area contributed by atoms with E-state index in [1.807, 2.05) is 12.1 Å². The van der Waals surface area contributed by atoms with Gasteiger partial charge in [0.15, 0.2) is 6.73 Å². The Morgan fingerprint density at radius 3 is 2.65 bits per heavy atom. The fraction of sp³-hybridized carbons (Fsp3) is 0.424. The molecule has 7 heteroatoms. The SMILES string of the molecule is COCCCn1c(C2CCC[N+](CO)(CC(N)Cc3ccc(-c4ccc(N)nc4)cc3)C2)cc2c(C)cccc21. The van der Waals surface area contributed by atoms with Gasteiger partial charge in [0, 0.05) is 54.5 Å². The van der Waals surface area contributed by atoms with E-state index in [9.17, 15) is 5.11 Å². The summed E-state index contributed by atoms with van der Waals surface area (Å²) in [6, 6.07) is 21.3. The van der Waals surface area contributed by atoms with Crippen LogP contribution in [0.3, 0.4) is 0 Å². The lowest BCUT2D eigenvalue weighted by molar-refractivity contribution is -0.951. The molecule has 3 unspecified atom stereocenters. The highest BCUT2D eigenvalue weighted by Gasteiger charge is 2.38. The summed E-state index contributed by atoms with van der Waals surface area (Å²) in [5, 5.41) is 12.0. The number of aliphatic hydroxyl groups excluding tert-OH is 1. The maximum atomic E-state index is 10.7. The summed E-state index contributed by atoms with van der Waals surface area (Å²) < 4.78 is 8.52. The highest BCUT2D eigenvalue weighted by Crippen LogP contribution is 2.36. The van der Waals surface area contributed by atoms with Crippen molar-refractivity contribution in [1.82, 2.24) is 9.55 Å². The molecule has 0 saturated carbocycles. The van der Waals surface area contributed by atoms with Crippen LogP contribution in [0.1, 0.15) is 42.0 Å². The largest absolute Gasteiger partial charge is 0.385 e. The van der Waals surface area contributed by atoms with E-state index in [0.29, 0.717) is 16.2 Å². The van der Waals surface area contributed by atoms with Gasteiger partial charge in [0.1, 0.15) is 5.82 Å². The van der Waals surface area contributed by atoms with Crippen molar-refractivity contribution in [3.63, 3.8) is 0 Å². The number of methoxy groups -OCH3 is 1. The van der Waals surface area contributed by atoms with E-state index in [1.54, 1.807) is 13.3 Å². The molecule has 2 aromatic heterocycles. The molecular formula is C33H44N5O2+. The molecular weight excluding hydrogens is 498 g/mol. The molecule has 2 aromatic carbocycles. The first kappa shape index (κ1) is 28.3. The van der Waals surface area contributed by atoms with E-state index in [-0.39, 0.29) is 12.8 Å². The predicted octanol–water partition coefficient (Wildman–Crippen LogP) is 4.84. The summed E-state index contributed by atoms with van der Waals surface area (Å²) >= 11 is 0. The summed E-state index contributed by atoms with van der Waals surface area (Å²) in [5.74, 6) is 0.908. The molecule has 7 nitrogen and oxygen atoms in total. The molecule has 5 rings (SSSR count). The van der Waals surface area contributed by atoms with Crippen LogP contribution in [-0.4, -0.2) is 65.3 Å². The minimum absolute atomic E-state index is 0.0373. The third-order valence-electron chi connectivity index (χ3n) is 8.63. The molecule has 40 heavy (non-hydrogen) atoms. The van der Waals surface area contributed by atoms with Crippen molar-refractivity contribution < 1.29 is 14.3 Å². The molecule has 1 fully saturated rings. The number of aliphatic hydroxyl groups is 1. The van der Waals surface area contributed by atoms with Crippen LogP contribution in [0, 0.1) is 6.92 Å². The van der Waals surface area contributed by atoms with Crippen LogP contribution in [0.2, 0.25) is 0 Å². The number of likely N-dealkylation sites (tertiary alicyclic amines) is 1. The smallest absolute Gasteiger partial charge is 0.180 e. The molecule has 0 aliphatic carbocycles. The standard InChI is InChI=1S/C33H44N5O2/c1-24-6-3-8-31-30(24)19-32(37(31)15-5-17-40-2)28-7-4-16-38(21-28,23-39)22-29(34)18-25-9-11-26(12-10-25)27-13-14-33(35)36-20-27/h3,6,8-14,19-20,28-29,39H,4-5,7,15-18,21-23,34H2,1-2H3,(H2,35,36)/q+1. The Morgan fingerprint density at radius 1 is 1.12 bits per heavy atom. The fourth-order valence-corrected chi connectivity index (χ4v) is 6.60. The minimum atomic E-state index is -0.0373. The number of rotatable bonds is 11. The van der Waals surface area contributed by atoms with Crippen LogP contribution in [-0.2, 0) is 17.7 Å². The molecule has 212 valence electrons. The topological polar surface area (TPSA) is 99.3 Å². The molecule has 3 atom stereocenters. The van der Waals surface area contributed by atoms with Gasteiger partial charge in [-0.25, -0.2) is 4.98 Å². The number of benzene rings is 2. The van der Waals surface area contributed by atoms with E-state index in [1.165, 1.54) is 27.7 Å². The van der Waals surface area contributed by atoms with Crippen LogP contribution < -0.4 is 11.5 Å². The Labute approximate surface area is 238 Å². The number of nitrogen functional groups attached to an aromatic ring is 1. The van der Waals surface area contributed by atoms with Crippen LogP contribution in [0.15, 0.2) is 66.9 Å². The maximum absolute atomic E-state index is 10.7. The zero-order valence-corrected chi connectivity index (χ0v) is 23.9. The fourth-order valence-electron chi connectivity index (χ4n) is 6.60. The van der Waals surface area contributed by atoms with Crippen LogP contribution >= 0.6 is 0 Å². The van der Waals surface area contributed by atoms with Crippen molar-refractivity contribution in [2.24, 2.45) is 5.73 Å². The first-order chi connectivity index (χ1) is 19.4.